The molecule has 3 N–H and O–H groups in total. The number of fused-ring (bicyclic) bond motifs is 2. The van der Waals surface area contributed by atoms with Crippen LogP contribution in [0.4, 0.5) is 10.5 Å². The molecule has 14 heteroatoms. The van der Waals surface area contributed by atoms with Crippen molar-refractivity contribution in [2.75, 3.05) is 50.9 Å². The summed E-state index contributed by atoms with van der Waals surface area (Å²) in [6.07, 6.45) is -0.484. The first-order chi connectivity index (χ1) is 22.7. The fourth-order valence-corrected chi connectivity index (χ4v) is 5.83. The number of benzene rings is 2. The van der Waals surface area contributed by atoms with E-state index in [-0.39, 0.29) is 76.2 Å². The Morgan fingerprint density at radius 2 is 1.70 bits per heavy atom. The van der Waals surface area contributed by atoms with Crippen molar-refractivity contribution in [3.63, 3.8) is 0 Å². The number of hydrogen-bond acceptors (Lipinski definition) is 9. The van der Waals surface area contributed by atoms with Crippen LogP contribution in [0.2, 0.25) is 0 Å². The number of aliphatic hydroxyl groups excluding tert-OH is 1. The number of carboxylic acid groups (broad SMARTS) is 1. The SMILES string of the molecule is CCOC(=O)N1CCN(C(=O)C(CCC(=O)O)NC(=O)c2cc(OCC(=O)N3c4ccccc4CC3CO)c3ccccc3n2)CC1. The Balaban J connectivity index is 1.32. The number of aliphatic hydroxyl groups is 1. The van der Waals surface area contributed by atoms with Crippen molar-refractivity contribution < 1.29 is 43.7 Å². The second-order valence-electron chi connectivity index (χ2n) is 11.2. The van der Waals surface area contributed by atoms with Gasteiger partial charge in [-0.25, -0.2) is 9.78 Å². The molecule has 0 spiro atoms. The zero-order valence-electron chi connectivity index (χ0n) is 26.0. The standard InChI is InChI=1S/C33H37N5O9/c1-2-46-33(45)37-15-13-36(14-16-37)32(44)25(11-12-30(41)42)35-31(43)26-18-28(23-8-4-5-9-24(23)34-26)47-20-29(40)38-22(19-39)17-21-7-3-6-10-27(21)38/h3-10,18,22,25,39H,2,11-17,19-20H2,1H3,(H,35,43)(H,41,42). The number of amides is 4. The molecule has 2 unspecified atom stereocenters. The summed E-state index contributed by atoms with van der Waals surface area (Å²) < 4.78 is 11.0. The van der Waals surface area contributed by atoms with Gasteiger partial charge in [0.1, 0.15) is 17.5 Å². The number of nitrogens with one attached hydrogen (secondary N) is 1. The number of aromatic nitrogens is 1. The second-order valence-corrected chi connectivity index (χ2v) is 11.2. The summed E-state index contributed by atoms with van der Waals surface area (Å²) in [5, 5.41) is 22.4. The topological polar surface area (TPSA) is 179 Å². The fourth-order valence-electron chi connectivity index (χ4n) is 5.83. The predicted octanol–water partition coefficient (Wildman–Crippen LogP) is 1.83. The highest BCUT2D eigenvalue weighted by Crippen LogP contribution is 2.32. The minimum absolute atomic E-state index is 0.0915. The van der Waals surface area contributed by atoms with Gasteiger partial charge in [0.2, 0.25) is 5.91 Å². The quantitative estimate of drug-likeness (QED) is 0.278. The molecule has 3 aromatic rings. The third kappa shape index (κ3) is 7.60. The molecule has 4 amide bonds. The van der Waals surface area contributed by atoms with Crippen molar-refractivity contribution >= 4 is 46.4 Å². The van der Waals surface area contributed by atoms with Gasteiger partial charge in [-0.3, -0.25) is 19.2 Å². The van der Waals surface area contributed by atoms with Gasteiger partial charge in [0.05, 0.1) is 24.8 Å². The van der Waals surface area contributed by atoms with E-state index < -0.39 is 36.0 Å². The maximum atomic E-state index is 13.5. The molecular formula is C33H37N5O9. The van der Waals surface area contributed by atoms with Crippen LogP contribution in [0.3, 0.4) is 0 Å². The van der Waals surface area contributed by atoms with Gasteiger partial charge in [0.25, 0.3) is 11.8 Å². The molecule has 1 saturated heterocycles. The number of ether oxygens (including phenoxy) is 2. The van der Waals surface area contributed by atoms with Gasteiger partial charge in [0.15, 0.2) is 6.61 Å². The number of pyridine rings is 1. The van der Waals surface area contributed by atoms with Gasteiger partial charge < -0.3 is 39.7 Å². The van der Waals surface area contributed by atoms with Gasteiger partial charge in [-0.15, -0.1) is 0 Å². The van der Waals surface area contributed by atoms with E-state index in [1.807, 2.05) is 24.3 Å². The van der Waals surface area contributed by atoms with Crippen molar-refractivity contribution in [1.82, 2.24) is 20.1 Å². The van der Waals surface area contributed by atoms with Crippen LogP contribution in [0.25, 0.3) is 10.9 Å². The first-order valence-corrected chi connectivity index (χ1v) is 15.5. The van der Waals surface area contributed by atoms with Crippen LogP contribution in [0.5, 0.6) is 5.75 Å². The Hall–Kier alpha value is -5.24. The minimum Gasteiger partial charge on any atom is -0.483 e. The molecule has 5 rings (SSSR count). The van der Waals surface area contributed by atoms with E-state index in [1.165, 1.54) is 20.8 Å². The van der Waals surface area contributed by atoms with E-state index >= 15 is 0 Å². The van der Waals surface area contributed by atoms with E-state index in [0.717, 1.165) is 5.56 Å². The molecular weight excluding hydrogens is 610 g/mol. The van der Waals surface area contributed by atoms with Crippen LogP contribution >= 0.6 is 0 Å². The Morgan fingerprint density at radius 1 is 1.00 bits per heavy atom. The van der Waals surface area contributed by atoms with E-state index in [4.69, 9.17) is 9.47 Å². The molecule has 2 aliphatic rings. The third-order valence-electron chi connectivity index (χ3n) is 8.18. The lowest BCUT2D eigenvalue weighted by Crippen LogP contribution is -2.56. The maximum absolute atomic E-state index is 13.5. The van der Waals surface area contributed by atoms with E-state index in [2.05, 4.69) is 10.3 Å². The molecule has 0 aliphatic carbocycles. The van der Waals surface area contributed by atoms with Gasteiger partial charge in [0, 0.05) is 49.7 Å². The summed E-state index contributed by atoms with van der Waals surface area (Å²) >= 11 is 0. The number of anilines is 1. The lowest BCUT2D eigenvalue weighted by atomic mass is 10.1. The molecule has 14 nitrogen and oxygen atoms in total. The summed E-state index contributed by atoms with van der Waals surface area (Å²) in [6.45, 7) is 2.18. The lowest BCUT2D eigenvalue weighted by molar-refractivity contribution is -0.138. The zero-order chi connectivity index (χ0) is 33.5. The molecule has 1 fully saturated rings. The number of nitrogens with zero attached hydrogens (tertiary/aromatic N) is 4. The van der Waals surface area contributed by atoms with Gasteiger partial charge >= 0.3 is 12.1 Å². The van der Waals surface area contributed by atoms with Gasteiger partial charge in [-0.2, -0.15) is 0 Å². The van der Waals surface area contributed by atoms with Crippen LogP contribution in [0.1, 0.15) is 35.8 Å². The Labute approximate surface area is 270 Å². The lowest BCUT2D eigenvalue weighted by Gasteiger charge is -2.35. The molecule has 2 aliphatic heterocycles. The number of hydrogen-bond donors (Lipinski definition) is 3. The molecule has 0 radical (unpaired) electrons. The summed E-state index contributed by atoms with van der Waals surface area (Å²) in [5.41, 5.74) is 1.97. The number of carboxylic acids is 1. The maximum Gasteiger partial charge on any atom is 0.409 e. The van der Waals surface area contributed by atoms with Crippen molar-refractivity contribution in [3.8, 4) is 5.75 Å². The molecule has 0 bridgehead atoms. The van der Waals surface area contributed by atoms with Crippen LogP contribution in [-0.4, -0.2) is 113 Å². The highest BCUT2D eigenvalue weighted by atomic mass is 16.6. The van der Waals surface area contributed by atoms with Crippen molar-refractivity contribution in [2.24, 2.45) is 0 Å². The number of aliphatic carboxylic acids is 1. The van der Waals surface area contributed by atoms with Crippen molar-refractivity contribution in [2.45, 2.75) is 38.3 Å². The van der Waals surface area contributed by atoms with Gasteiger partial charge in [-0.1, -0.05) is 30.3 Å². The highest BCUT2D eigenvalue weighted by Gasteiger charge is 2.34. The average Bonchev–Trinajstić information content (AvgIpc) is 3.47. The second kappa shape index (κ2) is 14.9. The number of para-hydroxylation sites is 2. The Kier molecular flexibility index (Phi) is 10.5. The number of rotatable bonds is 11. The number of carbonyl (C=O) groups excluding carboxylic acids is 4. The molecule has 2 aromatic carbocycles. The monoisotopic (exact) mass is 647 g/mol. The molecule has 3 heterocycles. The zero-order valence-corrected chi connectivity index (χ0v) is 26.0. The van der Waals surface area contributed by atoms with Crippen LogP contribution in [0.15, 0.2) is 54.6 Å². The summed E-state index contributed by atoms with van der Waals surface area (Å²) in [6, 6.07) is 14.1. The Morgan fingerprint density at radius 3 is 2.43 bits per heavy atom. The smallest absolute Gasteiger partial charge is 0.409 e. The van der Waals surface area contributed by atoms with E-state index in [1.54, 1.807) is 31.2 Å². The van der Waals surface area contributed by atoms with Crippen LogP contribution < -0.4 is 15.0 Å². The molecule has 0 saturated carbocycles. The highest BCUT2D eigenvalue weighted by molar-refractivity contribution is 6.00. The predicted molar refractivity (Wildman–Crippen MR) is 169 cm³/mol. The normalized spacial score (nSPS) is 16.4. The number of carbonyl (C=O) groups is 5. The first kappa shape index (κ1) is 33.1. The van der Waals surface area contributed by atoms with Crippen molar-refractivity contribution in [1.29, 1.82) is 0 Å². The average molecular weight is 648 g/mol. The van der Waals surface area contributed by atoms with E-state index in [0.29, 0.717) is 23.0 Å². The van der Waals surface area contributed by atoms with Gasteiger partial charge in [-0.05, 0) is 43.5 Å². The summed E-state index contributed by atoms with van der Waals surface area (Å²) in [5.74, 6) is -2.49. The van der Waals surface area contributed by atoms with E-state index in [9.17, 15) is 34.2 Å². The molecule has 1 aromatic heterocycles. The number of piperazine rings is 1. The fraction of sp³-hybridized carbons (Fsp3) is 0.394. The Bertz CT molecular complexity index is 1660. The summed E-state index contributed by atoms with van der Waals surface area (Å²) in [7, 11) is 0. The van der Waals surface area contributed by atoms with Crippen molar-refractivity contribution in [3.05, 3.63) is 65.9 Å². The molecule has 47 heavy (non-hydrogen) atoms. The van der Waals surface area contributed by atoms with Crippen LogP contribution in [0, 0.1) is 0 Å². The first-order valence-electron chi connectivity index (χ1n) is 15.5. The molecule has 2 atom stereocenters. The molecule has 248 valence electrons. The summed E-state index contributed by atoms with van der Waals surface area (Å²) in [4.78, 5) is 72.8. The van der Waals surface area contributed by atoms with Crippen LogP contribution in [-0.2, 0) is 25.5 Å². The minimum atomic E-state index is -1.17. The largest absolute Gasteiger partial charge is 0.483 e. The third-order valence-corrected chi connectivity index (χ3v) is 8.18.